The zero-order valence-corrected chi connectivity index (χ0v) is 11.0. The fourth-order valence-electron chi connectivity index (χ4n) is 1.48. The lowest BCUT2D eigenvalue weighted by Crippen LogP contribution is -2.34. The summed E-state index contributed by atoms with van der Waals surface area (Å²) in [6, 6.07) is 1.74. The van der Waals surface area contributed by atoms with E-state index < -0.39 is 0 Å². The third-order valence-electron chi connectivity index (χ3n) is 2.91. The van der Waals surface area contributed by atoms with Crippen LogP contribution in [0.15, 0.2) is 10.5 Å². The van der Waals surface area contributed by atoms with E-state index in [1.54, 1.807) is 6.07 Å². The number of aryl methyl sites for hydroxylation is 2. The molecule has 4 heteroatoms. The van der Waals surface area contributed by atoms with Crippen LogP contribution in [0.2, 0.25) is 0 Å². The van der Waals surface area contributed by atoms with E-state index in [0.29, 0.717) is 18.7 Å². The van der Waals surface area contributed by atoms with Gasteiger partial charge in [0.1, 0.15) is 5.76 Å². The van der Waals surface area contributed by atoms with Gasteiger partial charge in [0, 0.05) is 13.2 Å². The van der Waals surface area contributed by atoms with Crippen LogP contribution in [0, 0.1) is 19.3 Å². The van der Waals surface area contributed by atoms with Crippen LogP contribution >= 0.6 is 0 Å². The maximum absolute atomic E-state index is 11.8. The minimum absolute atomic E-state index is 0.110. The van der Waals surface area contributed by atoms with Crippen molar-refractivity contribution in [2.45, 2.75) is 34.1 Å². The Hall–Kier alpha value is -1.29. The highest BCUT2D eigenvalue weighted by Gasteiger charge is 2.20. The zero-order valence-electron chi connectivity index (χ0n) is 11.0. The Bertz CT molecular complexity index is 374. The lowest BCUT2D eigenvalue weighted by molar-refractivity contribution is 0.0899. The monoisotopic (exact) mass is 239 g/mol. The predicted molar refractivity (Wildman–Crippen MR) is 66.0 cm³/mol. The molecule has 1 aromatic heterocycles. The molecule has 0 bridgehead atoms. The molecule has 1 amide bonds. The van der Waals surface area contributed by atoms with Crippen LogP contribution in [-0.4, -0.2) is 24.2 Å². The molecule has 1 heterocycles. The molecule has 0 aromatic carbocycles. The number of furan rings is 1. The highest BCUT2D eigenvalue weighted by Crippen LogP contribution is 2.19. The summed E-state index contributed by atoms with van der Waals surface area (Å²) in [5.74, 6) is 0.914. The molecule has 0 spiro atoms. The molecule has 1 aromatic rings. The molecule has 2 N–H and O–H groups in total. The lowest BCUT2D eigenvalue weighted by Gasteiger charge is -2.23. The van der Waals surface area contributed by atoms with Crippen LogP contribution in [0.1, 0.15) is 42.1 Å². The zero-order chi connectivity index (χ0) is 13.1. The maximum atomic E-state index is 11.8. The van der Waals surface area contributed by atoms with Crippen molar-refractivity contribution in [1.29, 1.82) is 0 Å². The molecule has 96 valence electrons. The molecule has 0 fully saturated rings. The van der Waals surface area contributed by atoms with Crippen molar-refractivity contribution >= 4 is 5.91 Å². The Morgan fingerprint density at radius 3 is 2.59 bits per heavy atom. The van der Waals surface area contributed by atoms with Gasteiger partial charge in [-0.15, -0.1) is 0 Å². The molecule has 0 aliphatic heterocycles. The predicted octanol–water partition coefficient (Wildman–Crippen LogP) is 2.03. The SMILES string of the molecule is Cc1cc(C(=O)NCC(C)(C)CCO)oc1C. The van der Waals surface area contributed by atoms with Gasteiger partial charge < -0.3 is 14.8 Å². The van der Waals surface area contributed by atoms with Gasteiger partial charge in [-0.05, 0) is 37.3 Å². The van der Waals surface area contributed by atoms with Crippen LogP contribution < -0.4 is 5.32 Å². The summed E-state index contributed by atoms with van der Waals surface area (Å²) in [6.07, 6.45) is 0.656. The van der Waals surface area contributed by atoms with Gasteiger partial charge in [0.25, 0.3) is 5.91 Å². The summed E-state index contributed by atoms with van der Waals surface area (Å²) in [7, 11) is 0. The Labute approximate surface area is 102 Å². The van der Waals surface area contributed by atoms with E-state index in [4.69, 9.17) is 9.52 Å². The molecule has 0 saturated carbocycles. The number of rotatable bonds is 5. The quantitative estimate of drug-likeness (QED) is 0.826. The van der Waals surface area contributed by atoms with Gasteiger partial charge >= 0.3 is 0 Å². The molecule has 0 unspecified atom stereocenters. The van der Waals surface area contributed by atoms with Crippen molar-refractivity contribution in [3.05, 3.63) is 23.2 Å². The molecule has 0 saturated heterocycles. The second-order valence-corrected chi connectivity index (χ2v) is 5.17. The van der Waals surface area contributed by atoms with Crippen LogP contribution in [0.5, 0.6) is 0 Å². The number of carbonyl (C=O) groups is 1. The van der Waals surface area contributed by atoms with Gasteiger partial charge in [-0.3, -0.25) is 4.79 Å². The average Bonchev–Trinajstić information content (AvgIpc) is 2.56. The van der Waals surface area contributed by atoms with E-state index in [1.165, 1.54) is 0 Å². The summed E-state index contributed by atoms with van der Waals surface area (Å²) in [5.41, 5.74) is 0.867. The first kappa shape index (κ1) is 13.8. The van der Waals surface area contributed by atoms with Crippen molar-refractivity contribution in [1.82, 2.24) is 5.32 Å². The Morgan fingerprint density at radius 1 is 1.47 bits per heavy atom. The van der Waals surface area contributed by atoms with Gasteiger partial charge in [-0.2, -0.15) is 0 Å². The number of nitrogens with one attached hydrogen (secondary N) is 1. The standard InChI is InChI=1S/C13H21NO3/c1-9-7-11(17-10(9)2)12(16)14-8-13(3,4)5-6-15/h7,15H,5-6,8H2,1-4H3,(H,14,16). The fourth-order valence-corrected chi connectivity index (χ4v) is 1.48. The molecule has 0 aliphatic carbocycles. The van der Waals surface area contributed by atoms with Crippen LogP contribution in [0.4, 0.5) is 0 Å². The number of aliphatic hydroxyl groups excluding tert-OH is 1. The van der Waals surface area contributed by atoms with Crippen LogP contribution in [0.25, 0.3) is 0 Å². The molecule has 17 heavy (non-hydrogen) atoms. The molecule has 0 aliphatic rings. The van der Waals surface area contributed by atoms with Gasteiger partial charge in [0.05, 0.1) is 0 Å². The molecular weight excluding hydrogens is 218 g/mol. The first-order valence-electron chi connectivity index (χ1n) is 5.82. The van der Waals surface area contributed by atoms with E-state index >= 15 is 0 Å². The number of hydrogen-bond donors (Lipinski definition) is 2. The normalized spacial score (nSPS) is 11.6. The van der Waals surface area contributed by atoms with Gasteiger partial charge in [-0.25, -0.2) is 0 Å². The van der Waals surface area contributed by atoms with Gasteiger partial charge in [-0.1, -0.05) is 13.8 Å². The largest absolute Gasteiger partial charge is 0.456 e. The Morgan fingerprint density at radius 2 is 2.12 bits per heavy atom. The summed E-state index contributed by atoms with van der Waals surface area (Å²) in [4.78, 5) is 11.8. The van der Waals surface area contributed by atoms with Crippen LogP contribution in [-0.2, 0) is 0 Å². The summed E-state index contributed by atoms with van der Waals surface area (Å²) in [6.45, 7) is 8.39. The van der Waals surface area contributed by atoms with E-state index in [9.17, 15) is 4.79 Å². The number of carbonyl (C=O) groups excluding carboxylic acids is 1. The second-order valence-electron chi connectivity index (χ2n) is 5.17. The van der Waals surface area contributed by atoms with E-state index in [2.05, 4.69) is 5.32 Å². The number of aliphatic hydroxyl groups is 1. The highest BCUT2D eigenvalue weighted by molar-refractivity contribution is 5.91. The van der Waals surface area contributed by atoms with Crippen molar-refractivity contribution in [2.75, 3.05) is 13.2 Å². The Kier molecular flexibility index (Phi) is 4.34. The fraction of sp³-hybridized carbons (Fsp3) is 0.615. The summed E-state index contributed by atoms with van der Waals surface area (Å²) < 4.78 is 5.34. The number of amides is 1. The van der Waals surface area contributed by atoms with Gasteiger partial charge in [0.2, 0.25) is 0 Å². The highest BCUT2D eigenvalue weighted by atomic mass is 16.3. The van der Waals surface area contributed by atoms with Crippen molar-refractivity contribution in [3.8, 4) is 0 Å². The molecular formula is C13H21NO3. The minimum Gasteiger partial charge on any atom is -0.456 e. The van der Waals surface area contributed by atoms with Crippen molar-refractivity contribution < 1.29 is 14.3 Å². The second kappa shape index (κ2) is 5.36. The van der Waals surface area contributed by atoms with E-state index in [1.807, 2.05) is 27.7 Å². The smallest absolute Gasteiger partial charge is 0.287 e. The third-order valence-corrected chi connectivity index (χ3v) is 2.91. The molecule has 4 nitrogen and oxygen atoms in total. The first-order chi connectivity index (χ1) is 7.85. The first-order valence-corrected chi connectivity index (χ1v) is 5.82. The van der Waals surface area contributed by atoms with Gasteiger partial charge in [0.15, 0.2) is 5.76 Å². The van der Waals surface area contributed by atoms with Crippen molar-refractivity contribution in [2.24, 2.45) is 5.41 Å². The minimum atomic E-state index is -0.202. The summed E-state index contributed by atoms with van der Waals surface area (Å²) >= 11 is 0. The lowest BCUT2D eigenvalue weighted by atomic mass is 9.90. The molecule has 0 atom stereocenters. The number of hydrogen-bond acceptors (Lipinski definition) is 3. The summed E-state index contributed by atoms with van der Waals surface area (Å²) in [5, 5.41) is 11.7. The maximum Gasteiger partial charge on any atom is 0.287 e. The topological polar surface area (TPSA) is 62.5 Å². The third kappa shape index (κ3) is 3.89. The van der Waals surface area contributed by atoms with Crippen molar-refractivity contribution in [3.63, 3.8) is 0 Å². The van der Waals surface area contributed by atoms with Crippen LogP contribution in [0.3, 0.4) is 0 Å². The van der Waals surface area contributed by atoms with E-state index in [0.717, 1.165) is 11.3 Å². The Balaban J connectivity index is 2.56. The van der Waals surface area contributed by atoms with E-state index in [-0.39, 0.29) is 17.9 Å². The molecule has 0 radical (unpaired) electrons. The average molecular weight is 239 g/mol. The molecule has 1 rings (SSSR count).